The number of aromatic nitrogens is 1. The fourth-order valence-corrected chi connectivity index (χ4v) is 3.58. The van der Waals surface area contributed by atoms with Crippen molar-refractivity contribution in [2.45, 2.75) is 50.3 Å². The van der Waals surface area contributed by atoms with Crippen molar-refractivity contribution in [2.75, 3.05) is 5.75 Å². The van der Waals surface area contributed by atoms with Crippen molar-refractivity contribution in [1.29, 1.82) is 0 Å². The summed E-state index contributed by atoms with van der Waals surface area (Å²) in [5.74, 6) is -0.960. The molecule has 0 unspecified atom stereocenters. The molecule has 2 rings (SSSR count). The number of ketones is 1. The number of hydrogen-bond donors (Lipinski definition) is 0. The third-order valence-electron chi connectivity index (χ3n) is 3.91. The van der Waals surface area contributed by atoms with Crippen LogP contribution in [-0.4, -0.2) is 28.1 Å². The lowest BCUT2D eigenvalue weighted by atomic mass is 9.98. The summed E-state index contributed by atoms with van der Waals surface area (Å²) in [6, 6.07) is 10.3. The van der Waals surface area contributed by atoms with Crippen LogP contribution in [0.2, 0.25) is 0 Å². The molecule has 0 aliphatic carbocycles. The Morgan fingerprint density at radius 2 is 1.79 bits per heavy atom. The zero-order valence-electron chi connectivity index (χ0n) is 16.4. The number of halogens is 3. The van der Waals surface area contributed by atoms with Crippen molar-refractivity contribution < 1.29 is 27.5 Å². The van der Waals surface area contributed by atoms with Gasteiger partial charge in [-0.2, -0.15) is 13.2 Å². The van der Waals surface area contributed by atoms with Gasteiger partial charge in [-0.05, 0) is 31.2 Å². The summed E-state index contributed by atoms with van der Waals surface area (Å²) in [5.41, 5.74) is -0.949. The summed E-state index contributed by atoms with van der Waals surface area (Å²) in [7, 11) is 0. The quantitative estimate of drug-likeness (QED) is 0.247. The summed E-state index contributed by atoms with van der Waals surface area (Å²) in [5, 5.41) is 0. The van der Waals surface area contributed by atoms with E-state index in [0.717, 1.165) is 23.4 Å². The van der Waals surface area contributed by atoms with Gasteiger partial charge in [-0.25, -0.2) is 0 Å². The highest BCUT2D eigenvalue weighted by Gasteiger charge is 2.33. The van der Waals surface area contributed by atoms with Crippen LogP contribution < -0.4 is 0 Å². The molecule has 0 atom stereocenters. The molecule has 1 aromatic heterocycles. The third-order valence-corrected chi connectivity index (χ3v) is 4.82. The Hall–Kier alpha value is -2.35. The predicted molar refractivity (Wildman–Crippen MR) is 105 cm³/mol. The molecule has 1 heterocycles. The van der Waals surface area contributed by atoms with Gasteiger partial charge in [0.05, 0.1) is 5.56 Å². The maximum Gasteiger partial charge on any atom is 0.417 e. The number of nitrogens with zero attached hydrogens (tertiary/aromatic N) is 1. The van der Waals surface area contributed by atoms with E-state index in [-0.39, 0.29) is 10.6 Å². The number of carbonyl (C=O) groups excluding carboxylic acids is 2. The molecule has 29 heavy (non-hydrogen) atoms. The Morgan fingerprint density at radius 3 is 2.38 bits per heavy atom. The summed E-state index contributed by atoms with van der Waals surface area (Å²) in [4.78, 5) is 28.6. The van der Waals surface area contributed by atoms with Crippen LogP contribution in [0.1, 0.15) is 48.8 Å². The van der Waals surface area contributed by atoms with E-state index in [9.17, 15) is 22.8 Å². The molecule has 2 aromatic rings. The lowest BCUT2D eigenvalue weighted by Gasteiger charge is -2.25. The Balaban J connectivity index is 2.09. The zero-order chi connectivity index (χ0) is 21.7. The third kappa shape index (κ3) is 6.88. The first-order valence-corrected chi connectivity index (χ1v) is 9.99. The normalized spacial score (nSPS) is 11.9. The number of benzene rings is 1. The van der Waals surface area contributed by atoms with E-state index >= 15 is 0 Å². The highest BCUT2D eigenvalue weighted by Crippen LogP contribution is 2.33. The summed E-state index contributed by atoms with van der Waals surface area (Å²) in [6.07, 6.45) is -4.08. The van der Waals surface area contributed by atoms with Crippen LogP contribution >= 0.6 is 11.8 Å². The van der Waals surface area contributed by atoms with Crippen molar-refractivity contribution in [3.63, 3.8) is 0 Å². The fraction of sp³-hybridized carbons (Fsp3) is 0.381. The Bertz CT molecular complexity index is 867. The second-order valence-electron chi connectivity index (χ2n) is 7.00. The molecular formula is C21H22F3NO3S. The topological polar surface area (TPSA) is 56.3 Å². The van der Waals surface area contributed by atoms with E-state index in [2.05, 4.69) is 4.98 Å². The molecule has 0 amide bonds. The number of esters is 1. The van der Waals surface area contributed by atoms with Gasteiger partial charge in [0.15, 0.2) is 5.78 Å². The molecule has 1 aromatic carbocycles. The molecule has 0 saturated carbocycles. The van der Waals surface area contributed by atoms with Gasteiger partial charge in [0.1, 0.15) is 17.7 Å². The van der Waals surface area contributed by atoms with Gasteiger partial charge in [0.2, 0.25) is 0 Å². The molecule has 0 aliphatic heterocycles. The first-order chi connectivity index (χ1) is 13.5. The van der Waals surface area contributed by atoms with Crippen LogP contribution in [0.25, 0.3) is 0 Å². The number of hydrogen-bond acceptors (Lipinski definition) is 5. The average molecular weight is 425 g/mol. The minimum absolute atomic E-state index is 0.101. The predicted octanol–water partition coefficient (Wildman–Crippen LogP) is 5.35. The largest absolute Gasteiger partial charge is 0.459 e. The van der Waals surface area contributed by atoms with Gasteiger partial charge in [0, 0.05) is 17.5 Å². The number of carbonyl (C=O) groups is 2. The van der Waals surface area contributed by atoms with E-state index in [1.165, 1.54) is 0 Å². The Morgan fingerprint density at radius 1 is 1.14 bits per heavy atom. The minimum atomic E-state index is -4.56. The smallest absolute Gasteiger partial charge is 0.417 e. The van der Waals surface area contributed by atoms with Gasteiger partial charge in [-0.3, -0.25) is 14.6 Å². The first-order valence-electron chi connectivity index (χ1n) is 9.01. The molecule has 156 valence electrons. The fourth-order valence-electron chi connectivity index (χ4n) is 2.76. The number of Topliss-reactive ketones (excluding diaryl/α,β-unsaturated/α-hetero) is 1. The van der Waals surface area contributed by atoms with Crippen molar-refractivity contribution in [1.82, 2.24) is 4.98 Å². The van der Waals surface area contributed by atoms with Gasteiger partial charge in [0.25, 0.3) is 0 Å². The summed E-state index contributed by atoms with van der Waals surface area (Å²) < 4.78 is 44.2. The van der Waals surface area contributed by atoms with Gasteiger partial charge in [-0.15, -0.1) is 11.8 Å². The Kier molecular flexibility index (Phi) is 7.46. The lowest BCUT2D eigenvalue weighted by Crippen LogP contribution is -2.31. The molecule has 0 radical (unpaired) electrons. The SMILES string of the molecule is CCSc1cc(C(F)(F)F)cnc1C(=O)CC(=O)OC(C)(C)Cc1ccccc1. The van der Waals surface area contributed by atoms with Gasteiger partial charge < -0.3 is 4.74 Å². The lowest BCUT2D eigenvalue weighted by molar-refractivity contribution is -0.155. The number of thioether (sulfide) groups is 1. The standard InChI is InChI=1S/C21H22F3NO3S/c1-4-29-17-10-15(21(22,23)24)13-25-19(17)16(26)11-18(27)28-20(2,3)12-14-8-6-5-7-9-14/h5-10,13H,4,11-12H2,1-3H3. The second kappa shape index (κ2) is 9.43. The van der Waals surface area contributed by atoms with Crippen molar-refractivity contribution >= 4 is 23.5 Å². The molecule has 4 nitrogen and oxygen atoms in total. The van der Waals surface area contributed by atoms with Crippen LogP contribution in [-0.2, 0) is 22.1 Å². The zero-order valence-corrected chi connectivity index (χ0v) is 17.2. The van der Waals surface area contributed by atoms with Gasteiger partial charge in [-0.1, -0.05) is 37.3 Å². The molecule has 0 spiro atoms. The Labute approximate surface area is 171 Å². The van der Waals surface area contributed by atoms with E-state index < -0.39 is 35.5 Å². The summed E-state index contributed by atoms with van der Waals surface area (Å²) >= 11 is 1.07. The highest BCUT2D eigenvalue weighted by molar-refractivity contribution is 7.99. The molecule has 0 aliphatic rings. The average Bonchev–Trinajstić information content (AvgIpc) is 2.60. The molecule has 0 bridgehead atoms. The van der Waals surface area contributed by atoms with Crippen LogP contribution in [0.4, 0.5) is 13.2 Å². The monoisotopic (exact) mass is 425 g/mol. The number of rotatable bonds is 8. The minimum Gasteiger partial charge on any atom is -0.459 e. The molecule has 0 N–H and O–H groups in total. The summed E-state index contributed by atoms with van der Waals surface area (Å²) in [6.45, 7) is 5.22. The second-order valence-corrected chi connectivity index (χ2v) is 8.30. The highest BCUT2D eigenvalue weighted by atomic mass is 32.2. The van der Waals surface area contributed by atoms with E-state index in [0.29, 0.717) is 18.4 Å². The van der Waals surface area contributed by atoms with E-state index in [4.69, 9.17) is 4.74 Å². The van der Waals surface area contributed by atoms with Crippen molar-refractivity contribution in [3.05, 3.63) is 59.4 Å². The molecule has 0 saturated heterocycles. The maximum atomic E-state index is 12.9. The van der Waals surface area contributed by atoms with E-state index in [1.807, 2.05) is 30.3 Å². The van der Waals surface area contributed by atoms with Crippen LogP contribution in [0, 0.1) is 0 Å². The number of ether oxygens (including phenoxy) is 1. The van der Waals surface area contributed by atoms with Crippen LogP contribution in [0.3, 0.4) is 0 Å². The van der Waals surface area contributed by atoms with Crippen LogP contribution in [0.5, 0.6) is 0 Å². The number of alkyl halides is 3. The first kappa shape index (κ1) is 22.9. The van der Waals surface area contributed by atoms with Crippen molar-refractivity contribution in [3.8, 4) is 0 Å². The molecule has 0 fully saturated rings. The maximum absolute atomic E-state index is 12.9. The van der Waals surface area contributed by atoms with Gasteiger partial charge >= 0.3 is 12.1 Å². The van der Waals surface area contributed by atoms with Crippen LogP contribution in [0.15, 0.2) is 47.5 Å². The van der Waals surface area contributed by atoms with E-state index in [1.54, 1.807) is 20.8 Å². The van der Waals surface area contributed by atoms with Crippen molar-refractivity contribution in [2.24, 2.45) is 0 Å². The number of pyridine rings is 1. The molecular weight excluding hydrogens is 403 g/mol. The molecule has 8 heteroatoms.